The van der Waals surface area contributed by atoms with Gasteiger partial charge in [0.25, 0.3) is 0 Å². The summed E-state index contributed by atoms with van der Waals surface area (Å²) in [4.78, 5) is 23.2. The average molecular weight is 809 g/mol. The molecular weight excluding hydrogens is 766 g/mol. The van der Waals surface area contributed by atoms with Crippen LogP contribution in [0.1, 0.15) is 52.9 Å². The largest absolute Gasteiger partial charge is 0.491 e. The number of hydrogen-bond acceptors (Lipinski definition) is 11. The molecule has 53 heavy (non-hydrogen) atoms. The second kappa shape index (κ2) is 17.0. The molecule has 12 nitrogen and oxygen atoms in total. The minimum absolute atomic E-state index is 0.00799. The Labute approximate surface area is 321 Å². The van der Waals surface area contributed by atoms with Crippen LogP contribution in [0.5, 0.6) is 5.75 Å². The number of pyridine rings is 1. The fourth-order valence-corrected chi connectivity index (χ4v) is 7.88. The van der Waals surface area contributed by atoms with Gasteiger partial charge in [-0.2, -0.15) is 4.98 Å². The zero-order valence-corrected chi connectivity index (χ0v) is 31.6. The number of alkyl halides is 1. The molecule has 4 aromatic rings. The van der Waals surface area contributed by atoms with Gasteiger partial charge in [0.2, 0.25) is 5.89 Å². The third-order valence-electron chi connectivity index (χ3n) is 10.0. The molecule has 2 aliphatic rings. The first-order valence-corrected chi connectivity index (χ1v) is 18.7. The molecule has 4 atom stereocenters. The highest BCUT2D eigenvalue weighted by molar-refractivity contribution is 9.09. The van der Waals surface area contributed by atoms with Crippen LogP contribution in [0.2, 0.25) is 5.02 Å². The van der Waals surface area contributed by atoms with E-state index in [1.807, 2.05) is 24.3 Å². The molecule has 2 aromatic heterocycles. The van der Waals surface area contributed by atoms with Gasteiger partial charge in [-0.05, 0) is 84.8 Å². The molecular formula is C39H43BrClN5O7. The first-order valence-electron chi connectivity index (χ1n) is 17.4. The van der Waals surface area contributed by atoms with Gasteiger partial charge in [0, 0.05) is 19.0 Å². The Morgan fingerprint density at radius 2 is 1.98 bits per heavy atom. The van der Waals surface area contributed by atoms with Gasteiger partial charge in [-0.15, -0.1) is 0 Å². The highest BCUT2D eigenvalue weighted by Gasteiger charge is 2.47. The smallest absolute Gasteiger partial charge is 0.329 e. The van der Waals surface area contributed by atoms with Crippen molar-refractivity contribution in [1.29, 1.82) is 0 Å². The molecule has 1 fully saturated rings. The lowest BCUT2D eigenvalue weighted by atomic mass is 9.76. The zero-order valence-electron chi connectivity index (χ0n) is 29.3. The highest BCUT2D eigenvalue weighted by Crippen LogP contribution is 2.45. The number of carbonyl (C=O) groups is 1. The molecule has 0 amide bonds. The number of hydrogen-bond donors (Lipinski definition) is 4. The molecule has 14 heteroatoms. The number of aliphatic hydroxyl groups is 2. The van der Waals surface area contributed by atoms with Gasteiger partial charge in [-0.1, -0.05) is 87.3 Å². The molecule has 1 aliphatic heterocycles. The van der Waals surface area contributed by atoms with E-state index in [-0.39, 0.29) is 29.7 Å². The van der Waals surface area contributed by atoms with Crippen LogP contribution < -0.4 is 10.5 Å². The number of carboxylic acid groups (broad SMARTS) is 1. The van der Waals surface area contributed by atoms with Crippen molar-refractivity contribution in [1.82, 2.24) is 20.0 Å². The Hall–Kier alpha value is -3.95. The van der Waals surface area contributed by atoms with Crippen molar-refractivity contribution in [3.63, 3.8) is 0 Å². The van der Waals surface area contributed by atoms with Gasteiger partial charge >= 0.3 is 5.97 Å². The maximum absolute atomic E-state index is 12.3. The number of piperidine rings is 1. The van der Waals surface area contributed by atoms with Gasteiger partial charge in [0.05, 0.1) is 29.6 Å². The summed E-state index contributed by atoms with van der Waals surface area (Å²) >= 11 is 10.8. The van der Waals surface area contributed by atoms with Crippen LogP contribution in [0.4, 0.5) is 0 Å². The van der Waals surface area contributed by atoms with Crippen molar-refractivity contribution in [2.75, 3.05) is 32.9 Å². The van der Waals surface area contributed by atoms with E-state index in [1.54, 1.807) is 36.7 Å². The van der Waals surface area contributed by atoms with Gasteiger partial charge in [-0.25, -0.2) is 0 Å². The van der Waals surface area contributed by atoms with Crippen LogP contribution in [-0.4, -0.2) is 84.6 Å². The quantitative estimate of drug-likeness (QED) is 0.113. The van der Waals surface area contributed by atoms with Crippen LogP contribution >= 0.6 is 27.5 Å². The van der Waals surface area contributed by atoms with Crippen LogP contribution in [0.15, 0.2) is 89.7 Å². The van der Waals surface area contributed by atoms with Gasteiger partial charge < -0.3 is 35.1 Å². The summed E-state index contributed by atoms with van der Waals surface area (Å²) in [6.07, 6.45) is 9.76. The lowest BCUT2D eigenvalue weighted by Crippen LogP contribution is -2.56. The number of likely N-dealkylation sites (tertiary alicyclic amines) is 1. The summed E-state index contributed by atoms with van der Waals surface area (Å²) < 4.78 is 18.5. The molecule has 1 saturated heterocycles. The topological polar surface area (TPSA) is 177 Å². The second-order valence-corrected chi connectivity index (χ2v) is 15.0. The minimum atomic E-state index is -2.17. The second-order valence-electron chi connectivity index (χ2n) is 13.7. The first-order chi connectivity index (χ1) is 25.6. The van der Waals surface area contributed by atoms with Crippen LogP contribution in [0, 0.1) is 12.8 Å². The van der Waals surface area contributed by atoms with Crippen molar-refractivity contribution in [2.24, 2.45) is 11.7 Å². The van der Waals surface area contributed by atoms with Crippen LogP contribution in [0.3, 0.4) is 0 Å². The van der Waals surface area contributed by atoms with Crippen molar-refractivity contribution in [2.45, 2.75) is 54.8 Å². The van der Waals surface area contributed by atoms with E-state index in [4.69, 9.17) is 36.3 Å². The Kier molecular flexibility index (Phi) is 12.4. The Balaban J connectivity index is 1.28. The van der Waals surface area contributed by atoms with E-state index in [0.29, 0.717) is 41.1 Å². The van der Waals surface area contributed by atoms with Crippen LogP contribution in [0.25, 0.3) is 5.57 Å². The number of ether oxygens (including phenoxy) is 2. The number of allylic oxidation sites excluding steroid dienone is 3. The first kappa shape index (κ1) is 38.8. The van der Waals surface area contributed by atoms with E-state index in [2.05, 4.69) is 56.1 Å². The maximum Gasteiger partial charge on any atom is 0.329 e. The molecule has 4 unspecified atom stereocenters. The number of aliphatic carboxylic acids is 1. The summed E-state index contributed by atoms with van der Waals surface area (Å²) in [6.45, 7) is 3.59. The number of halogens is 2. The number of benzene rings is 2. The molecule has 1 aliphatic carbocycles. The molecule has 0 bridgehead atoms. The van der Waals surface area contributed by atoms with Crippen molar-refractivity contribution in [3.8, 4) is 5.75 Å². The predicted molar refractivity (Wildman–Crippen MR) is 202 cm³/mol. The van der Waals surface area contributed by atoms with E-state index in [0.717, 1.165) is 42.6 Å². The van der Waals surface area contributed by atoms with Gasteiger partial charge in [-0.3, -0.25) is 14.7 Å². The summed E-state index contributed by atoms with van der Waals surface area (Å²) in [5.74, 6) is 0.108. The molecule has 2 aromatic carbocycles. The third-order valence-corrected chi connectivity index (χ3v) is 11.6. The molecule has 280 valence electrons. The Bertz CT molecular complexity index is 1940. The van der Waals surface area contributed by atoms with Gasteiger partial charge in [0.15, 0.2) is 11.4 Å². The molecule has 0 radical (unpaired) electrons. The van der Waals surface area contributed by atoms with Crippen LogP contribution in [-0.2, 0) is 28.1 Å². The Morgan fingerprint density at radius 1 is 1.19 bits per heavy atom. The number of carboxylic acids is 1. The third kappa shape index (κ3) is 8.41. The van der Waals surface area contributed by atoms with Crippen molar-refractivity contribution in [3.05, 3.63) is 124 Å². The number of aromatic nitrogens is 3. The van der Waals surface area contributed by atoms with Crippen molar-refractivity contribution < 1.29 is 34.1 Å². The number of nitrogens with two attached hydrogens (primary N) is 1. The SMILES string of the molecule is Cc1ccccc1C1=CC=CC(COc2ccc(C(OCc3cccnc3)C(N)(CO)C(=O)O)cc2Cl)(c2nc(CN3CCC(CO)CC3)no2)C1Br. The monoisotopic (exact) mass is 807 g/mol. The maximum atomic E-state index is 12.3. The van der Waals surface area contributed by atoms with E-state index in [1.165, 1.54) is 6.07 Å². The summed E-state index contributed by atoms with van der Waals surface area (Å²) in [6, 6.07) is 16.4. The molecule has 3 heterocycles. The Morgan fingerprint density at radius 3 is 2.66 bits per heavy atom. The standard InChI is InChI=1S/C39H43BrClN5O7/c1-25-6-2-3-8-29(25)30-9-4-14-38(34(30)40,36-44-33(45-53-36)20-46-16-12-26(21-47)13-17-46)24-52-32-11-10-28(18-31(32)41)35(39(42,23-48)37(49)50)51-22-27-7-5-15-43-19-27/h2-11,14-15,18-19,26,34-35,47-48H,12-13,16-17,20-24,42H2,1H3,(H,49,50). The summed E-state index contributed by atoms with van der Waals surface area (Å²) in [7, 11) is 0. The minimum Gasteiger partial charge on any atom is -0.491 e. The van der Waals surface area contributed by atoms with E-state index >= 15 is 0 Å². The fourth-order valence-electron chi connectivity index (χ4n) is 6.75. The van der Waals surface area contributed by atoms with E-state index in [9.17, 15) is 20.1 Å². The summed E-state index contributed by atoms with van der Waals surface area (Å²) in [5.41, 5.74) is 7.31. The van der Waals surface area contributed by atoms with E-state index < -0.39 is 29.6 Å². The molecule has 0 spiro atoms. The lowest BCUT2D eigenvalue weighted by molar-refractivity contribution is -0.154. The normalized spacial score (nSPS) is 21.2. The lowest BCUT2D eigenvalue weighted by Gasteiger charge is -2.36. The number of aliphatic hydroxyl groups excluding tert-OH is 2. The fraction of sp³-hybridized carbons (Fsp3) is 0.385. The number of nitrogens with zero attached hydrogens (tertiary/aromatic N) is 4. The molecule has 5 N–H and O–H groups in total. The number of rotatable bonds is 15. The summed E-state index contributed by atoms with van der Waals surface area (Å²) in [5, 5.41) is 34.3. The molecule has 6 rings (SSSR count). The highest BCUT2D eigenvalue weighted by atomic mass is 79.9. The predicted octanol–water partition coefficient (Wildman–Crippen LogP) is 5.40. The average Bonchev–Trinajstić information content (AvgIpc) is 3.65. The van der Waals surface area contributed by atoms with Crippen molar-refractivity contribution >= 4 is 39.1 Å². The molecule has 0 saturated carbocycles. The number of aryl methyl sites for hydroxylation is 1. The van der Waals surface area contributed by atoms with Gasteiger partial charge in [0.1, 0.15) is 23.9 Å². The zero-order chi connectivity index (χ0) is 37.6.